The molecule has 1 N–H and O–H groups in total. The zero-order valence-corrected chi connectivity index (χ0v) is 17.9. The van der Waals surface area contributed by atoms with Crippen molar-refractivity contribution >= 4 is 16.0 Å². The molecule has 0 unspecified atom stereocenters. The number of aromatic nitrogens is 3. The average Bonchev–Trinajstić information content (AvgIpc) is 2.71. The fraction of sp³-hybridized carbons (Fsp3) is 0.526. The first kappa shape index (κ1) is 22.3. The number of pyridine rings is 1. The number of halogens is 2. The van der Waals surface area contributed by atoms with Crippen LogP contribution in [0.2, 0.25) is 0 Å². The normalized spacial score (nSPS) is 16.2. The number of anilines is 1. The number of sulfonamides is 1. The van der Waals surface area contributed by atoms with Crippen molar-refractivity contribution in [1.82, 2.24) is 18.8 Å². The Balaban J connectivity index is 1.81. The van der Waals surface area contributed by atoms with Crippen molar-refractivity contribution in [1.29, 1.82) is 0 Å². The minimum atomic E-state index is -3.22. The van der Waals surface area contributed by atoms with Crippen LogP contribution in [0.1, 0.15) is 39.7 Å². The summed E-state index contributed by atoms with van der Waals surface area (Å²) in [5, 5.41) is 3.10. The molecule has 8 nitrogen and oxygen atoms in total. The minimum Gasteiger partial charge on any atom is -0.351 e. The van der Waals surface area contributed by atoms with E-state index in [1.54, 1.807) is 20.8 Å². The second kappa shape index (κ2) is 8.76. The quantitative estimate of drug-likeness (QED) is 0.739. The second-order valence-electron chi connectivity index (χ2n) is 7.49. The van der Waals surface area contributed by atoms with Gasteiger partial charge in [0.15, 0.2) is 11.6 Å². The van der Waals surface area contributed by atoms with E-state index in [0.29, 0.717) is 25.9 Å². The molecule has 0 radical (unpaired) electrons. The summed E-state index contributed by atoms with van der Waals surface area (Å²) in [5.41, 5.74) is -0.769. The van der Waals surface area contributed by atoms with Gasteiger partial charge >= 0.3 is 0 Å². The molecule has 3 rings (SSSR count). The molecule has 11 heteroatoms. The summed E-state index contributed by atoms with van der Waals surface area (Å²) in [6, 6.07) is 0.580. The van der Waals surface area contributed by atoms with Crippen LogP contribution < -0.4 is 10.9 Å². The van der Waals surface area contributed by atoms with Gasteiger partial charge in [0, 0.05) is 36.9 Å². The zero-order valence-electron chi connectivity index (χ0n) is 17.1. The zero-order chi connectivity index (χ0) is 22.1. The number of nitrogens with one attached hydrogen (secondary N) is 1. The number of rotatable bonds is 6. The number of hydrogen-bond acceptors (Lipinski definition) is 6. The number of piperidine rings is 1. The third-order valence-corrected chi connectivity index (χ3v) is 7.00. The molecule has 1 fully saturated rings. The highest BCUT2D eigenvalue weighted by molar-refractivity contribution is 7.89. The van der Waals surface area contributed by atoms with Gasteiger partial charge < -0.3 is 9.88 Å². The topological polar surface area (TPSA) is 97.2 Å². The van der Waals surface area contributed by atoms with Crippen LogP contribution in [-0.4, -0.2) is 52.1 Å². The van der Waals surface area contributed by atoms with Crippen LogP contribution in [0.15, 0.2) is 23.3 Å². The lowest BCUT2D eigenvalue weighted by Crippen LogP contribution is -2.43. The van der Waals surface area contributed by atoms with E-state index < -0.39 is 27.2 Å². The van der Waals surface area contributed by atoms with Crippen molar-refractivity contribution in [3.63, 3.8) is 0 Å². The van der Waals surface area contributed by atoms with Gasteiger partial charge in [0.25, 0.3) is 5.56 Å². The van der Waals surface area contributed by atoms with E-state index in [0.717, 1.165) is 12.3 Å². The van der Waals surface area contributed by atoms with E-state index >= 15 is 0 Å². The maximum atomic E-state index is 14.4. The first-order chi connectivity index (χ1) is 14.1. The molecule has 3 heterocycles. The highest BCUT2D eigenvalue weighted by atomic mass is 32.2. The molecule has 2 aromatic heterocycles. The van der Waals surface area contributed by atoms with Gasteiger partial charge in [-0.25, -0.2) is 31.5 Å². The Hall–Kier alpha value is -2.40. The van der Waals surface area contributed by atoms with Crippen molar-refractivity contribution in [2.24, 2.45) is 0 Å². The van der Waals surface area contributed by atoms with Gasteiger partial charge in [-0.15, -0.1) is 0 Å². The summed E-state index contributed by atoms with van der Waals surface area (Å²) in [5.74, 6) is -1.51. The minimum absolute atomic E-state index is 0.0601. The molecule has 0 amide bonds. The summed E-state index contributed by atoms with van der Waals surface area (Å²) in [6.45, 7) is 5.82. The summed E-state index contributed by atoms with van der Waals surface area (Å²) in [4.78, 5) is 20.1. The predicted octanol–water partition coefficient (Wildman–Crippen LogP) is 2.39. The Morgan fingerprint density at radius 3 is 2.50 bits per heavy atom. The molecule has 1 aliphatic heterocycles. The van der Waals surface area contributed by atoms with Gasteiger partial charge in [0.2, 0.25) is 16.0 Å². The van der Waals surface area contributed by atoms with Crippen molar-refractivity contribution in [3.05, 3.63) is 40.4 Å². The van der Waals surface area contributed by atoms with E-state index in [1.807, 2.05) is 0 Å². The van der Waals surface area contributed by atoms with Gasteiger partial charge in [-0.05, 0) is 39.7 Å². The lowest BCUT2D eigenvalue weighted by molar-refractivity contribution is 0.329. The van der Waals surface area contributed by atoms with E-state index in [9.17, 15) is 22.0 Å². The maximum absolute atomic E-state index is 14.4. The summed E-state index contributed by atoms with van der Waals surface area (Å²) >= 11 is 0. The van der Waals surface area contributed by atoms with Gasteiger partial charge in [0.05, 0.1) is 11.9 Å². The van der Waals surface area contributed by atoms with Crippen LogP contribution in [0, 0.1) is 11.6 Å². The molecule has 0 aliphatic carbocycles. The predicted molar refractivity (Wildman–Crippen MR) is 110 cm³/mol. The summed E-state index contributed by atoms with van der Waals surface area (Å²) in [6.07, 6.45) is 3.48. The van der Waals surface area contributed by atoms with Crippen LogP contribution in [0.5, 0.6) is 0 Å². The Morgan fingerprint density at radius 1 is 1.23 bits per heavy atom. The Bertz CT molecular complexity index is 1080. The van der Waals surface area contributed by atoms with Gasteiger partial charge in [-0.2, -0.15) is 0 Å². The molecule has 30 heavy (non-hydrogen) atoms. The fourth-order valence-electron chi connectivity index (χ4n) is 3.36. The molecule has 1 aliphatic rings. The first-order valence-corrected chi connectivity index (χ1v) is 11.4. The second-order valence-corrected chi connectivity index (χ2v) is 9.75. The van der Waals surface area contributed by atoms with Crippen molar-refractivity contribution in [2.75, 3.05) is 24.2 Å². The van der Waals surface area contributed by atoms with Crippen LogP contribution in [0.25, 0.3) is 11.3 Å². The number of hydrogen-bond donors (Lipinski definition) is 1. The Morgan fingerprint density at radius 2 is 1.90 bits per heavy atom. The lowest BCUT2D eigenvalue weighted by atomic mass is 10.1. The average molecular weight is 442 g/mol. The standard InChI is InChI=1S/C19H25F2N5O3S/c1-4-30(28,29)25-7-5-14(6-8-25)23-19-22-10-16(21)17(24-19)13-9-15(20)18(27)26(11-13)12(2)3/h9-12,14H,4-8H2,1-3H3,(H,22,23,24). The van der Waals surface area contributed by atoms with E-state index in [4.69, 9.17) is 0 Å². The molecule has 1 saturated heterocycles. The van der Waals surface area contributed by atoms with Crippen molar-refractivity contribution in [2.45, 2.75) is 45.7 Å². The lowest BCUT2D eigenvalue weighted by Gasteiger charge is -2.31. The third kappa shape index (κ3) is 4.67. The molecule has 0 saturated carbocycles. The highest BCUT2D eigenvalue weighted by Gasteiger charge is 2.27. The van der Waals surface area contributed by atoms with Gasteiger partial charge in [-0.3, -0.25) is 4.79 Å². The first-order valence-electron chi connectivity index (χ1n) is 9.81. The fourth-order valence-corrected chi connectivity index (χ4v) is 4.50. The van der Waals surface area contributed by atoms with E-state index in [2.05, 4.69) is 15.3 Å². The molecule has 164 valence electrons. The smallest absolute Gasteiger partial charge is 0.286 e. The number of nitrogens with zero attached hydrogens (tertiary/aromatic N) is 4. The largest absolute Gasteiger partial charge is 0.351 e. The highest BCUT2D eigenvalue weighted by Crippen LogP contribution is 2.23. The SMILES string of the molecule is CCS(=O)(=O)N1CCC(Nc2ncc(F)c(-c3cc(F)c(=O)n(C(C)C)c3)n2)CC1. The van der Waals surface area contributed by atoms with E-state index in [1.165, 1.54) is 15.1 Å². The molecular formula is C19H25F2N5O3S. The monoisotopic (exact) mass is 441 g/mol. The molecule has 0 spiro atoms. The van der Waals surface area contributed by atoms with Crippen LogP contribution in [0.4, 0.5) is 14.7 Å². The molecule has 0 aromatic carbocycles. The van der Waals surface area contributed by atoms with Gasteiger partial charge in [-0.1, -0.05) is 0 Å². The molecule has 2 aromatic rings. The maximum Gasteiger partial charge on any atom is 0.286 e. The van der Waals surface area contributed by atoms with Crippen LogP contribution in [-0.2, 0) is 10.0 Å². The third-order valence-electron chi connectivity index (χ3n) is 5.12. The van der Waals surface area contributed by atoms with Gasteiger partial charge in [0.1, 0.15) is 5.69 Å². The molecular weight excluding hydrogens is 416 g/mol. The molecule has 0 bridgehead atoms. The van der Waals surface area contributed by atoms with Crippen LogP contribution in [0.3, 0.4) is 0 Å². The van der Waals surface area contributed by atoms with Crippen molar-refractivity contribution < 1.29 is 17.2 Å². The van der Waals surface area contributed by atoms with E-state index in [-0.39, 0.29) is 35.0 Å². The molecule has 0 atom stereocenters. The van der Waals surface area contributed by atoms with Crippen LogP contribution >= 0.6 is 0 Å². The Labute approximate surface area is 174 Å². The summed E-state index contributed by atoms with van der Waals surface area (Å²) < 4.78 is 55.0. The summed E-state index contributed by atoms with van der Waals surface area (Å²) in [7, 11) is -3.22. The Kier molecular flexibility index (Phi) is 6.51. The van der Waals surface area contributed by atoms with Crippen molar-refractivity contribution in [3.8, 4) is 11.3 Å².